The Morgan fingerprint density at radius 1 is 1.17 bits per heavy atom. The molecule has 0 atom stereocenters. The summed E-state index contributed by atoms with van der Waals surface area (Å²) in [6.07, 6.45) is 3.59. The molecule has 0 amide bonds. The summed E-state index contributed by atoms with van der Waals surface area (Å²) < 4.78 is 27.7. The number of rotatable bonds is 7. The van der Waals surface area contributed by atoms with E-state index in [2.05, 4.69) is 6.92 Å². The Morgan fingerprint density at radius 3 is 2.28 bits per heavy atom. The first-order valence-electron chi connectivity index (χ1n) is 6.49. The van der Waals surface area contributed by atoms with Gasteiger partial charge in [-0.25, -0.2) is 8.78 Å². The summed E-state index contributed by atoms with van der Waals surface area (Å²) in [5.41, 5.74) is 6.06. The number of hydrogen-bond donors (Lipinski definition) is 1. The van der Waals surface area contributed by atoms with Crippen LogP contribution in [0, 0.1) is 11.6 Å². The van der Waals surface area contributed by atoms with Gasteiger partial charge in [-0.1, -0.05) is 19.8 Å². The summed E-state index contributed by atoms with van der Waals surface area (Å²) in [5.74, 6) is -1.00. The number of unbranched alkanes of at least 4 members (excludes halogenated alkanes) is 2. The molecule has 0 saturated heterocycles. The van der Waals surface area contributed by atoms with E-state index in [0.717, 1.165) is 19.3 Å². The molecule has 0 heterocycles. The third-order valence-corrected chi connectivity index (χ3v) is 2.99. The van der Waals surface area contributed by atoms with Gasteiger partial charge >= 0.3 is 0 Å². The number of halogens is 2. The first-order valence-corrected chi connectivity index (χ1v) is 6.49. The Morgan fingerprint density at radius 2 is 1.78 bits per heavy atom. The van der Waals surface area contributed by atoms with Gasteiger partial charge in [0.15, 0.2) is 0 Å². The van der Waals surface area contributed by atoms with E-state index in [-0.39, 0.29) is 5.69 Å². The van der Waals surface area contributed by atoms with Crippen molar-refractivity contribution in [2.45, 2.75) is 32.6 Å². The Kier molecular flexibility index (Phi) is 6.05. The van der Waals surface area contributed by atoms with Crippen LogP contribution < -0.4 is 10.6 Å². The van der Waals surface area contributed by atoms with Crippen molar-refractivity contribution >= 4 is 5.69 Å². The summed E-state index contributed by atoms with van der Waals surface area (Å²) in [7, 11) is 1.72. The smallest absolute Gasteiger partial charge is 0.149 e. The Balaban J connectivity index is 2.81. The van der Waals surface area contributed by atoms with Crippen molar-refractivity contribution in [2.24, 2.45) is 5.73 Å². The molecule has 0 bridgehead atoms. The van der Waals surface area contributed by atoms with Gasteiger partial charge in [0, 0.05) is 13.6 Å². The zero-order valence-corrected chi connectivity index (χ0v) is 11.2. The summed E-state index contributed by atoms with van der Waals surface area (Å²) in [5, 5.41) is 0. The van der Waals surface area contributed by atoms with E-state index in [0.29, 0.717) is 25.1 Å². The first kappa shape index (κ1) is 14.9. The van der Waals surface area contributed by atoms with Crippen molar-refractivity contribution in [1.82, 2.24) is 0 Å². The lowest BCUT2D eigenvalue weighted by molar-refractivity contribution is 0.569. The molecular formula is C14H22F2N2. The molecule has 1 rings (SSSR count). The molecule has 0 spiro atoms. The number of hydrogen-bond acceptors (Lipinski definition) is 2. The highest BCUT2D eigenvalue weighted by molar-refractivity contribution is 5.50. The predicted octanol–water partition coefficient (Wildman–Crippen LogP) is 3.09. The molecule has 4 heteroatoms. The molecule has 0 aliphatic rings. The van der Waals surface area contributed by atoms with E-state index in [4.69, 9.17) is 5.73 Å². The Labute approximate surface area is 108 Å². The third-order valence-electron chi connectivity index (χ3n) is 2.99. The van der Waals surface area contributed by atoms with E-state index in [9.17, 15) is 8.78 Å². The van der Waals surface area contributed by atoms with Gasteiger partial charge in [-0.3, -0.25) is 0 Å². The maximum atomic E-state index is 13.9. The average Bonchev–Trinajstić information content (AvgIpc) is 2.28. The minimum Gasteiger partial charge on any atom is -0.370 e. The molecule has 0 unspecified atom stereocenters. The van der Waals surface area contributed by atoms with E-state index in [1.54, 1.807) is 11.9 Å². The van der Waals surface area contributed by atoms with Crippen molar-refractivity contribution in [2.75, 3.05) is 25.0 Å². The molecule has 0 radical (unpaired) electrons. The second-order valence-corrected chi connectivity index (χ2v) is 4.58. The largest absolute Gasteiger partial charge is 0.370 e. The Bertz CT molecular complexity index is 357. The molecule has 0 fully saturated rings. The summed E-state index contributed by atoms with van der Waals surface area (Å²) in [6, 6.07) is 2.75. The van der Waals surface area contributed by atoms with E-state index in [1.807, 2.05) is 0 Å². The van der Waals surface area contributed by atoms with Crippen LogP contribution in [-0.4, -0.2) is 20.1 Å². The van der Waals surface area contributed by atoms with Gasteiger partial charge in [-0.15, -0.1) is 0 Å². The predicted molar refractivity (Wildman–Crippen MR) is 71.9 cm³/mol. The third kappa shape index (κ3) is 3.95. The van der Waals surface area contributed by atoms with Crippen LogP contribution in [0.25, 0.3) is 0 Å². The zero-order chi connectivity index (χ0) is 13.5. The van der Waals surface area contributed by atoms with Crippen molar-refractivity contribution in [3.8, 4) is 0 Å². The summed E-state index contributed by atoms with van der Waals surface area (Å²) in [4.78, 5) is 1.65. The van der Waals surface area contributed by atoms with E-state index in [1.165, 1.54) is 12.1 Å². The molecule has 0 saturated carbocycles. The maximum absolute atomic E-state index is 13.9. The molecule has 2 nitrogen and oxygen atoms in total. The van der Waals surface area contributed by atoms with Crippen LogP contribution in [0.5, 0.6) is 0 Å². The van der Waals surface area contributed by atoms with Crippen LogP contribution in [0.4, 0.5) is 14.5 Å². The van der Waals surface area contributed by atoms with Gasteiger partial charge < -0.3 is 10.6 Å². The normalized spacial score (nSPS) is 10.7. The average molecular weight is 256 g/mol. The highest BCUT2D eigenvalue weighted by atomic mass is 19.1. The standard InChI is InChI=1S/C14H22F2N2/c1-3-4-5-8-18(2)14-12(15)9-11(6-7-17)10-13(14)16/h9-10H,3-8,17H2,1-2H3. The fourth-order valence-corrected chi connectivity index (χ4v) is 2.00. The molecule has 0 aliphatic carbocycles. The molecule has 102 valence electrons. The van der Waals surface area contributed by atoms with Crippen LogP contribution in [0.1, 0.15) is 31.7 Å². The van der Waals surface area contributed by atoms with Crippen LogP contribution in [0.15, 0.2) is 12.1 Å². The minimum atomic E-state index is -0.502. The van der Waals surface area contributed by atoms with Crippen molar-refractivity contribution in [3.63, 3.8) is 0 Å². The monoisotopic (exact) mass is 256 g/mol. The van der Waals surface area contributed by atoms with Gasteiger partial charge in [-0.2, -0.15) is 0 Å². The number of nitrogens with zero attached hydrogens (tertiary/aromatic N) is 1. The lowest BCUT2D eigenvalue weighted by Gasteiger charge is -2.21. The first-order chi connectivity index (χ1) is 8.60. The summed E-state index contributed by atoms with van der Waals surface area (Å²) in [6.45, 7) is 3.16. The minimum absolute atomic E-state index is 0.0619. The Hall–Kier alpha value is -1.16. The van der Waals surface area contributed by atoms with Gasteiger partial charge in [0.1, 0.15) is 17.3 Å². The lowest BCUT2D eigenvalue weighted by Crippen LogP contribution is -2.21. The van der Waals surface area contributed by atoms with Gasteiger partial charge in [0.2, 0.25) is 0 Å². The van der Waals surface area contributed by atoms with E-state index < -0.39 is 11.6 Å². The van der Waals surface area contributed by atoms with Gasteiger partial charge in [-0.05, 0) is 37.1 Å². The quantitative estimate of drug-likeness (QED) is 0.760. The molecule has 1 aromatic carbocycles. The molecule has 0 aromatic heterocycles. The maximum Gasteiger partial charge on any atom is 0.149 e. The molecule has 2 N–H and O–H groups in total. The van der Waals surface area contributed by atoms with Crippen LogP contribution >= 0.6 is 0 Å². The van der Waals surface area contributed by atoms with Crippen LogP contribution in [0.3, 0.4) is 0 Å². The van der Waals surface area contributed by atoms with E-state index >= 15 is 0 Å². The molecular weight excluding hydrogens is 234 g/mol. The molecule has 18 heavy (non-hydrogen) atoms. The van der Waals surface area contributed by atoms with Crippen molar-refractivity contribution < 1.29 is 8.78 Å². The second kappa shape index (κ2) is 7.31. The van der Waals surface area contributed by atoms with Crippen molar-refractivity contribution in [3.05, 3.63) is 29.3 Å². The fraction of sp³-hybridized carbons (Fsp3) is 0.571. The summed E-state index contributed by atoms with van der Waals surface area (Å²) >= 11 is 0. The second-order valence-electron chi connectivity index (χ2n) is 4.58. The van der Waals surface area contributed by atoms with Gasteiger partial charge in [0.05, 0.1) is 0 Å². The highest BCUT2D eigenvalue weighted by Gasteiger charge is 2.14. The number of anilines is 1. The number of nitrogens with two attached hydrogens (primary N) is 1. The van der Waals surface area contributed by atoms with Crippen molar-refractivity contribution in [1.29, 1.82) is 0 Å². The fourth-order valence-electron chi connectivity index (χ4n) is 2.00. The zero-order valence-electron chi connectivity index (χ0n) is 11.2. The highest BCUT2D eigenvalue weighted by Crippen LogP contribution is 2.24. The van der Waals surface area contributed by atoms with Crippen LogP contribution in [-0.2, 0) is 6.42 Å². The van der Waals surface area contributed by atoms with Crippen LogP contribution in [0.2, 0.25) is 0 Å². The van der Waals surface area contributed by atoms with Gasteiger partial charge in [0.25, 0.3) is 0 Å². The number of benzene rings is 1. The molecule has 1 aromatic rings. The topological polar surface area (TPSA) is 29.3 Å². The lowest BCUT2D eigenvalue weighted by atomic mass is 10.1. The molecule has 0 aliphatic heterocycles. The SMILES string of the molecule is CCCCCN(C)c1c(F)cc(CCN)cc1F.